The summed E-state index contributed by atoms with van der Waals surface area (Å²) >= 11 is 0. The van der Waals surface area contributed by atoms with Crippen molar-refractivity contribution in [1.29, 1.82) is 0 Å². The third kappa shape index (κ3) is 5.68. The molecule has 0 fully saturated rings. The summed E-state index contributed by atoms with van der Waals surface area (Å²) in [5.74, 6) is 0.137. The number of guanidine groups is 1. The number of hydrogen-bond acceptors (Lipinski definition) is 3. The molecule has 0 aliphatic heterocycles. The van der Waals surface area contributed by atoms with Crippen LogP contribution >= 0.6 is 0 Å². The molecule has 0 aliphatic carbocycles. The molecule has 7 heteroatoms. The second kappa shape index (κ2) is 9.24. The first-order valence-corrected chi connectivity index (χ1v) is 7.56. The van der Waals surface area contributed by atoms with Gasteiger partial charge in [0.2, 0.25) is 0 Å². The maximum atomic E-state index is 13.1. The molecule has 0 spiro atoms. The van der Waals surface area contributed by atoms with Gasteiger partial charge in [0.05, 0.1) is 5.56 Å². The van der Waals surface area contributed by atoms with Crippen LogP contribution < -0.4 is 16.0 Å². The van der Waals surface area contributed by atoms with E-state index in [1.807, 2.05) is 6.07 Å². The highest BCUT2D eigenvalue weighted by molar-refractivity contribution is 5.93. The van der Waals surface area contributed by atoms with Crippen LogP contribution in [0.3, 0.4) is 0 Å². The minimum Gasteiger partial charge on any atom is -0.355 e. The van der Waals surface area contributed by atoms with Crippen molar-refractivity contribution < 1.29 is 9.18 Å². The van der Waals surface area contributed by atoms with Gasteiger partial charge in [0, 0.05) is 39.1 Å². The molecule has 2 rings (SSSR count). The average Bonchev–Trinajstić information content (AvgIpc) is 2.61. The van der Waals surface area contributed by atoms with E-state index in [9.17, 15) is 9.18 Å². The quantitative estimate of drug-likeness (QED) is 0.424. The zero-order chi connectivity index (χ0) is 17.2. The van der Waals surface area contributed by atoms with Crippen LogP contribution in [0.4, 0.5) is 4.39 Å². The fourth-order valence-electron chi connectivity index (χ4n) is 2.01. The first-order chi connectivity index (χ1) is 11.7. The highest BCUT2D eigenvalue weighted by atomic mass is 19.1. The van der Waals surface area contributed by atoms with Gasteiger partial charge in [-0.1, -0.05) is 12.1 Å². The van der Waals surface area contributed by atoms with Gasteiger partial charge < -0.3 is 16.0 Å². The largest absolute Gasteiger partial charge is 0.355 e. The molecule has 0 atom stereocenters. The van der Waals surface area contributed by atoms with Crippen molar-refractivity contribution in [3.63, 3.8) is 0 Å². The fourth-order valence-corrected chi connectivity index (χ4v) is 2.01. The monoisotopic (exact) mass is 329 g/mol. The number of rotatable bonds is 6. The van der Waals surface area contributed by atoms with Crippen LogP contribution in [0.1, 0.15) is 15.9 Å². The lowest BCUT2D eigenvalue weighted by Crippen LogP contribution is -2.41. The Morgan fingerprint density at radius 3 is 2.71 bits per heavy atom. The molecule has 0 radical (unpaired) electrons. The summed E-state index contributed by atoms with van der Waals surface area (Å²) in [4.78, 5) is 19.8. The van der Waals surface area contributed by atoms with Crippen molar-refractivity contribution in [3.8, 4) is 0 Å². The molecule has 0 saturated heterocycles. The van der Waals surface area contributed by atoms with Crippen molar-refractivity contribution >= 4 is 11.9 Å². The minimum absolute atomic E-state index is 0.174. The topological polar surface area (TPSA) is 78.4 Å². The number of carbonyl (C=O) groups is 1. The van der Waals surface area contributed by atoms with Gasteiger partial charge >= 0.3 is 0 Å². The number of nitrogens with zero attached hydrogens (tertiary/aromatic N) is 2. The van der Waals surface area contributed by atoms with Gasteiger partial charge in [-0.05, 0) is 29.8 Å². The number of amides is 1. The normalized spacial score (nSPS) is 11.0. The smallest absolute Gasteiger partial charge is 0.252 e. The van der Waals surface area contributed by atoms with E-state index in [0.29, 0.717) is 31.2 Å². The molecule has 2 aromatic rings. The van der Waals surface area contributed by atoms with Gasteiger partial charge in [-0.15, -0.1) is 0 Å². The number of halogens is 1. The number of nitrogens with one attached hydrogen (secondary N) is 3. The van der Waals surface area contributed by atoms with Crippen LogP contribution in [0, 0.1) is 5.82 Å². The summed E-state index contributed by atoms with van der Waals surface area (Å²) in [6.45, 7) is 1.41. The Kier molecular flexibility index (Phi) is 6.70. The van der Waals surface area contributed by atoms with E-state index >= 15 is 0 Å². The lowest BCUT2D eigenvalue weighted by atomic mass is 10.2. The summed E-state index contributed by atoms with van der Waals surface area (Å²) < 4.78 is 13.1. The highest BCUT2D eigenvalue weighted by Gasteiger charge is 2.04. The molecule has 0 bridgehead atoms. The Morgan fingerprint density at radius 2 is 2.00 bits per heavy atom. The van der Waals surface area contributed by atoms with Crippen molar-refractivity contribution in [3.05, 3.63) is 65.7 Å². The number of hydrogen-bond donors (Lipinski definition) is 3. The maximum Gasteiger partial charge on any atom is 0.252 e. The molecule has 3 N–H and O–H groups in total. The van der Waals surface area contributed by atoms with E-state index in [1.54, 1.807) is 31.4 Å². The van der Waals surface area contributed by atoms with E-state index in [4.69, 9.17) is 0 Å². The second-order valence-electron chi connectivity index (χ2n) is 4.98. The lowest BCUT2D eigenvalue weighted by molar-refractivity contribution is 0.0954. The molecular weight excluding hydrogens is 309 g/mol. The first kappa shape index (κ1) is 17.4. The van der Waals surface area contributed by atoms with Crippen LogP contribution in [0.5, 0.6) is 0 Å². The molecule has 0 saturated carbocycles. The molecule has 0 aliphatic rings. The van der Waals surface area contributed by atoms with Gasteiger partial charge in [0.15, 0.2) is 5.96 Å². The highest BCUT2D eigenvalue weighted by Crippen LogP contribution is 2.02. The van der Waals surface area contributed by atoms with Crippen molar-refractivity contribution in [2.75, 3.05) is 20.1 Å². The fraction of sp³-hybridized carbons (Fsp3) is 0.235. The van der Waals surface area contributed by atoms with E-state index in [1.165, 1.54) is 18.3 Å². The lowest BCUT2D eigenvalue weighted by Gasteiger charge is -2.12. The van der Waals surface area contributed by atoms with Crippen molar-refractivity contribution in [2.45, 2.75) is 6.54 Å². The van der Waals surface area contributed by atoms with Crippen LogP contribution in [0.25, 0.3) is 0 Å². The number of carbonyl (C=O) groups excluding carboxylic acids is 1. The third-order valence-corrected chi connectivity index (χ3v) is 3.20. The zero-order valence-electron chi connectivity index (χ0n) is 13.4. The Balaban J connectivity index is 1.69. The van der Waals surface area contributed by atoms with Crippen LogP contribution in [0.15, 0.2) is 53.8 Å². The SMILES string of the molecule is CN=C(NCCNC(=O)c1cccnc1)NCc1cccc(F)c1. The second-order valence-corrected chi connectivity index (χ2v) is 4.98. The molecule has 24 heavy (non-hydrogen) atoms. The number of benzene rings is 1. The predicted molar refractivity (Wildman–Crippen MR) is 91.2 cm³/mol. The van der Waals surface area contributed by atoms with Gasteiger partial charge in [0.25, 0.3) is 5.91 Å². The Hall–Kier alpha value is -2.96. The standard InChI is InChI=1S/C17H20FN5O/c1-19-17(23-11-13-4-2-6-15(18)10-13)22-9-8-21-16(24)14-5-3-7-20-12-14/h2-7,10,12H,8-9,11H2,1H3,(H,21,24)(H2,19,22,23). The van der Waals surface area contributed by atoms with Crippen LogP contribution in [0.2, 0.25) is 0 Å². The summed E-state index contributed by atoms with van der Waals surface area (Å²) in [6, 6.07) is 9.78. The average molecular weight is 329 g/mol. The summed E-state index contributed by atoms with van der Waals surface area (Å²) in [7, 11) is 1.65. The maximum absolute atomic E-state index is 13.1. The van der Waals surface area contributed by atoms with Crippen LogP contribution in [-0.2, 0) is 6.54 Å². The minimum atomic E-state index is -0.268. The summed E-state index contributed by atoms with van der Waals surface area (Å²) in [6.07, 6.45) is 3.13. The molecule has 6 nitrogen and oxygen atoms in total. The Labute approximate surface area is 140 Å². The van der Waals surface area contributed by atoms with Gasteiger partial charge in [-0.2, -0.15) is 0 Å². The predicted octanol–water partition coefficient (Wildman–Crippen LogP) is 1.32. The van der Waals surface area contributed by atoms with Crippen LogP contribution in [-0.4, -0.2) is 37.0 Å². The van der Waals surface area contributed by atoms with Crippen molar-refractivity contribution in [2.24, 2.45) is 4.99 Å². The van der Waals surface area contributed by atoms with E-state index in [2.05, 4.69) is 25.9 Å². The molecule has 0 unspecified atom stereocenters. The molecular formula is C17H20FN5O. The summed E-state index contributed by atoms with van der Waals surface area (Å²) in [5.41, 5.74) is 1.34. The van der Waals surface area contributed by atoms with Gasteiger partial charge in [0.1, 0.15) is 5.82 Å². The van der Waals surface area contributed by atoms with Gasteiger partial charge in [-0.3, -0.25) is 14.8 Å². The molecule has 126 valence electrons. The number of aliphatic imine (C=N–C) groups is 1. The van der Waals surface area contributed by atoms with E-state index < -0.39 is 0 Å². The van der Waals surface area contributed by atoms with E-state index in [0.717, 1.165) is 5.56 Å². The Bertz CT molecular complexity index is 690. The Morgan fingerprint density at radius 1 is 1.17 bits per heavy atom. The van der Waals surface area contributed by atoms with Gasteiger partial charge in [-0.25, -0.2) is 4.39 Å². The van der Waals surface area contributed by atoms with E-state index in [-0.39, 0.29) is 11.7 Å². The molecule has 1 aromatic heterocycles. The number of pyridine rings is 1. The van der Waals surface area contributed by atoms with Crippen molar-refractivity contribution in [1.82, 2.24) is 20.9 Å². The first-order valence-electron chi connectivity index (χ1n) is 7.56. The zero-order valence-corrected chi connectivity index (χ0v) is 13.4. The number of aromatic nitrogens is 1. The third-order valence-electron chi connectivity index (χ3n) is 3.20. The summed E-state index contributed by atoms with van der Waals surface area (Å²) in [5, 5.41) is 8.94. The molecule has 1 aromatic carbocycles. The molecule has 1 heterocycles. The molecule has 1 amide bonds.